The fourth-order valence-electron chi connectivity index (χ4n) is 2.35. The smallest absolute Gasteiger partial charge is 0.273 e. The number of nitro benzene ring substituents is 1. The predicted octanol–water partition coefficient (Wildman–Crippen LogP) is 2.75. The third-order valence-electron chi connectivity index (χ3n) is 3.44. The molecule has 0 unspecified atom stereocenters. The summed E-state index contributed by atoms with van der Waals surface area (Å²) in [5, 5.41) is 13.7. The van der Waals surface area contributed by atoms with Crippen LogP contribution in [0.15, 0.2) is 35.9 Å². The molecule has 0 aliphatic heterocycles. The number of nitrogens with one attached hydrogen (secondary N) is 1. The Hall–Kier alpha value is -2.17. The second-order valence-corrected chi connectivity index (χ2v) is 4.95. The Morgan fingerprint density at radius 1 is 1.30 bits per heavy atom. The molecule has 0 radical (unpaired) electrons. The summed E-state index contributed by atoms with van der Waals surface area (Å²) in [5.74, 6) is -0.175. The first-order chi connectivity index (χ1) is 9.66. The molecule has 0 spiro atoms. The van der Waals surface area contributed by atoms with Crippen LogP contribution in [-0.4, -0.2) is 17.4 Å². The first-order valence-corrected chi connectivity index (χ1v) is 6.83. The van der Waals surface area contributed by atoms with E-state index < -0.39 is 4.92 Å². The Kier molecular flexibility index (Phi) is 4.87. The fourth-order valence-corrected chi connectivity index (χ4v) is 2.35. The van der Waals surface area contributed by atoms with Crippen LogP contribution in [0.2, 0.25) is 0 Å². The minimum atomic E-state index is -0.452. The Bertz CT molecular complexity index is 538. The van der Waals surface area contributed by atoms with Crippen LogP contribution in [0.3, 0.4) is 0 Å². The standard InChI is InChI=1S/C15H18N2O3/c18-15(16-11-12-6-2-1-3-7-12)10-13-8-4-5-9-14(13)17(19)20/h4-6,8-9H,1-3,7,10-11H2,(H,16,18). The number of carbonyl (C=O) groups excluding carboxylic acids is 1. The number of nitro groups is 1. The third kappa shape index (κ3) is 3.91. The summed E-state index contributed by atoms with van der Waals surface area (Å²) in [5.41, 5.74) is 1.71. The molecule has 0 saturated carbocycles. The molecule has 2 rings (SSSR count). The van der Waals surface area contributed by atoms with Crippen LogP contribution in [0.5, 0.6) is 0 Å². The number of carbonyl (C=O) groups is 1. The molecule has 1 aromatic carbocycles. The third-order valence-corrected chi connectivity index (χ3v) is 3.44. The zero-order chi connectivity index (χ0) is 14.4. The molecule has 0 saturated heterocycles. The number of benzene rings is 1. The van der Waals surface area contributed by atoms with Crippen LogP contribution in [0.4, 0.5) is 5.69 Å². The van der Waals surface area contributed by atoms with Gasteiger partial charge in [-0.3, -0.25) is 14.9 Å². The second-order valence-electron chi connectivity index (χ2n) is 4.95. The molecule has 5 nitrogen and oxygen atoms in total. The molecule has 0 atom stereocenters. The van der Waals surface area contributed by atoms with Crippen LogP contribution < -0.4 is 5.32 Å². The van der Waals surface area contributed by atoms with Gasteiger partial charge in [0, 0.05) is 18.2 Å². The summed E-state index contributed by atoms with van der Waals surface area (Å²) >= 11 is 0. The zero-order valence-corrected chi connectivity index (χ0v) is 11.3. The van der Waals surface area contributed by atoms with Crippen molar-refractivity contribution in [1.29, 1.82) is 0 Å². The molecular formula is C15H18N2O3. The summed E-state index contributed by atoms with van der Waals surface area (Å²) in [6.45, 7) is 0.555. The van der Waals surface area contributed by atoms with Crippen molar-refractivity contribution in [1.82, 2.24) is 5.32 Å². The largest absolute Gasteiger partial charge is 0.352 e. The van der Waals surface area contributed by atoms with Crippen molar-refractivity contribution >= 4 is 11.6 Å². The number of hydrogen-bond donors (Lipinski definition) is 1. The van der Waals surface area contributed by atoms with Gasteiger partial charge in [0.25, 0.3) is 5.69 Å². The number of rotatable bonds is 5. The van der Waals surface area contributed by atoms with E-state index in [1.54, 1.807) is 18.2 Å². The van der Waals surface area contributed by atoms with Gasteiger partial charge in [-0.25, -0.2) is 0 Å². The molecule has 1 aromatic rings. The average molecular weight is 274 g/mol. The van der Waals surface area contributed by atoms with Crippen LogP contribution in [0.25, 0.3) is 0 Å². The number of para-hydroxylation sites is 1. The van der Waals surface area contributed by atoms with Crippen molar-refractivity contribution in [3.63, 3.8) is 0 Å². The highest BCUT2D eigenvalue weighted by atomic mass is 16.6. The van der Waals surface area contributed by atoms with E-state index in [0.717, 1.165) is 12.8 Å². The lowest BCUT2D eigenvalue weighted by Crippen LogP contribution is -2.27. The lowest BCUT2D eigenvalue weighted by molar-refractivity contribution is -0.385. The SMILES string of the molecule is O=C(Cc1ccccc1[N+](=O)[O-])NCC1=CCCCC1. The van der Waals surface area contributed by atoms with E-state index in [0.29, 0.717) is 12.1 Å². The van der Waals surface area contributed by atoms with Gasteiger partial charge in [0.05, 0.1) is 11.3 Å². The normalized spacial score (nSPS) is 14.5. The maximum absolute atomic E-state index is 11.9. The summed E-state index contributed by atoms with van der Waals surface area (Å²) < 4.78 is 0. The minimum absolute atomic E-state index is 0.000433. The molecule has 0 fully saturated rings. The summed E-state index contributed by atoms with van der Waals surface area (Å²) in [6.07, 6.45) is 6.72. The predicted molar refractivity (Wildman–Crippen MR) is 76.4 cm³/mol. The Morgan fingerprint density at radius 3 is 2.80 bits per heavy atom. The summed E-state index contributed by atoms with van der Waals surface area (Å²) in [6, 6.07) is 6.36. The second kappa shape index (κ2) is 6.84. The first-order valence-electron chi connectivity index (χ1n) is 6.83. The van der Waals surface area contributed by atoms with Gasteiger partial charge < -0.3 is 5.32 Å². The van der Waals surface area contributed by atoms with E-state index in [2.05, 4.69) is 11.4 Å². The van der Waals surface area contributed by atoms with Gasteiger partial charge in [0.1, 0.15) is 0 Å². The van der Waals surface area contributed by atoms with Crippen molar-refractivity contribution in [2.45, 2.75) is 32.1 Å². The fraction of sp³-hybridized carbons (Fsp3) is 0.400. The Morgan fingerprint density at radius 2 is 2.10 bits per heavy atom. The maximum Gasteiger partial charge on any atom is 0.273 e. The van der Waals surface area contributed by atoms with E-state index >= 15 is 0 Å². The van der Waals surface area contributed by atoms with Gasteiger partial charge in [-0.2, -0.15) is 0 Å². The van der Waals surface area contributed by atoms with E-state index in [1.807, 2.05) is 0 Å². The lowest BCUT2D eigenvalue weighted by Gasteiger charge is -2.13. The summed E-state index contributed by atoms with van der Waals surface area (Å²) in [7, 11) is 0. The molecule has 0 heterocycles. The van der Waals surface area contributed by atoms with Crippen LogP contribution in [0, 0.1) is 10.1 Å². The lowest BCUT2D eigenvalue weighted by atomic mass is 9.99. The number of allylic oxidation sites excluding steroid dienone is 1. The zero-order valence-electron chi connectivity index (χ0n) is 11.3. The summed E-state index contributed by atoms with van der Waals surface area (Å²) in [4.78, 5) is 22.3. The Balaban J connectivity index is 1.91. The molecule has 20 heavy (non-hydrogen) atoms. The molecule has 1 aliphatic rings. The number of nitrogens with zero attached hydrogens (tertiary/aromatic N) is 1. The quantitative estimate of drug-likeness (QED) is 0.510. The van der Waals surface area contributed by atoms with Crippen LogP contribution in [0.1, 0.15) is 31.2 Å². The average Bonchev–Trinajstić information content (AvgIpc) is 2.46. The molecule has 1 N–H and O–H groups in total. The van der Waals surface area contributed by atoms with Gasteiger partial charge in [-0.05, 0) is 25.7 Å². The van der Waals surface area contributed by atoms with Crippen molar-refractivity contribution in [3.05, 3.63) is 51.6 Å². The van der Waals surface area contributed by atoms with Gasteiger partial charge in [-0.1, -0.05) is 29.8 Å². The van der Waals surface area contributed by atoms with Crippen molar-refractivity contribution in [2.24, 2.45) is 0 Å². The molecule has 1 amide bonds. The van der Waals surface area contributed by atoms with E-state index in [9.17, 15) is 14.9 Å². The molecule has 5 heteroatoms. The van der Waals surface area contributed by atoms with E-state index in [-0.39, 0.29) is 18.0 Å². The highest BCUT2D eigenvalue weighted by molar-refractivity contribution is 5.79. The molecular weight excluding hydrogens is 256 g/mol. The Labute approximate surface area is 117 Å². The minimum Gasteiger partial charge on any atom is -0.352 e. The van der Waals surface area contributed by atoms with Gasteiger partial charge in [0.15, 0.2) is 0 Å². The first kappa shape index (κ1) is 14.2. The van der Waals surface area contributed by atoms with Crippen molar-refractivity contribution in [3.8, 4) is 0 Å². The highest BCUT2D eigenvalue weighted by Crippen LogP contribution is 2.18. The van der Waals surface area contributed by atoms with Gasteiger partial charge in [0.2, 0.25) is 5.91 Å². The topological polar surface area (TPSA) is 72.2 Å². The monoisotopic (exact) mass is 274 g/mol. The van der Waals surface area contributed by atoms with E-state index in [4.69, 9.17) is 0 Å². The molecule has 0 bridgehead atoms. The van der Waals surface area contributed by atoms with Crippen LogP contribution in [-0.2, 0) is 11.2 Å². The highest BCUT2D eigenvalue weighted by Gasteiger charge is 2.15. The van der Waals surface area contributed by atoms with Crippen LogP contribution >= 0.6 is 0 Å². The van der Waals surface area contributed by atoms with Gasteiger partial charge >= 0.3 is 0 Å². The van der Waals surface area contributed by atoms with Gasteiger partial charge in [-0.15, -0.1) is 0 Å². The van der Waals surface area contributed by atoms with Crippen molar-refractivity contribution < 1.29 is 9.72 Å². The van der Waals surface area contributed by atoms with Crippen molar-refractivity contribution in [2.75, 3.05) is 6.54 Å². The molecule has 1 aliphatic carbocycles. The molecule has 0 aromatic heterocycles. The number of amides is 1. The maximum atomic E-state index is 11.9. The molecule has 106 valence electrons. The van der Waals surface area contributed by atoms with E-state index in [1.165, 1.54) is 24.5 Å². The number of hydrogen-bond acceptors (Lipinski definition) is 3.